The molecule has 0 radical (unpaired) electrons. The number of nitrogens with zero attached hydrogens (tertiary/aromatic N) is 2. The van der Waals surface area contributed by atoms with Crippen LogP contribution in [0.15, 0.2) is 0 Å². The molecule has 0 unspecified atom stereocenters. The van der Waals surface area contributed by atoms with E-state index in [4.69, 9.17) is 5.73 Å². The Morgan fingerprint density at radius 3 is 2.14 bits per heavy atom. The summed E-state index contributed by atoms with van der Waals surface area (Å²) in [6, 6.07) is 0.792. The molecule has 0 aromatic rings. The van der Waals surface area contributed by atoms with Crippen molar-refractivity contribution in [2.75, 3.05) is 32.7 Å². The lowest BCUT2D eigenvalue weighted by Crippen LogP contribution is -2.56. The molecule has 4 heteroatoms. The lowest BCUT2D eigenvalue weighted by molar-refractivity contribution is -0.145. The second-order valence-electron chi connectivity index (χ2n) is 7.31. The van der Waals surface area contributed by atoms with Gasteiger partial charge in [0.2, 0.25) is 5.91 Å². The van der Waals surface area contributed by atoms with Crippen molar-refractivity contribution in [3.05, 3.63) is 0 Å². The van der Waals surface area contributed by atoms with Crippen molar-refractivity contribution in [1.29, 1.82) is 0 Å². The van der Waals surface area contributed by atoms with Crippen LogP contribution in [0.25, 0.3) is 0 Å². The third kappa shape index (κ3) is 3.11. The van der Waals surface area contributed by atoms with E-state index in [-0.39, 0.29) is 5.41 Å². The average Bonchev–Trinajstić information content (AvgIpc) is 3.09. The van der Waals surface area contributed by atoms with E-state index >= 15 is 0 Å². The second kappa shape index (κ2) is 6.66. The predicted octanol–water partition coefficient (Wildman–Crippen LogP) is 1.98. The van der Waals surface area contributed by atoms with Gasteiger partial charge in [-0.05, 0) is 25.7 Å². The van der Waals surface area contributed by atoms with Gasteiger partial charge in [-0.25, -0.2) is 0 Å². The number of hydrogen-bond donors (Lipinski definition) is 1. The Morgan fingerprint density at radius 1 is 0.952 bits per heavy atom. The van der Waals surface area contributed by atoms with Crippen molar-refractivity contribution in [3.63, 3.8) is 0 Å². The zero-order chi connectivity index (χ0) is 14.7. The van der Waals surface area contributed by atoms with Crippen molar-refractivity contribution in [1.82, 2.24) is 9.80 Å². The van der Waals surface area contributed by atoms with Gasteiger partial charge in [-0.1, -0.05) is 32.1 Å². The molecular weight excluding hydrogens is 262 g/mol. The van der Waals surface area contributed by atoms with Gasteiger partial charge in [-0.2, -0.15) is 0 Å². The van der Waals surface area contributed by atoms with E-state index in [1.165, 1.54) is 44.9 Å². The van der Waals surface area contributed by atoms with Gasteiger partial charge in [0.05, 0.1) is 5.41 Å². The first kappa shape index (κ1) is 15.3. The highest BCUT2D eigenvalue weighted by atomic mass is 16.2. The number of nitrogens with two attached hydrogens (primary N) is 1. The first-order valence-electron chi connectivity index (χ1n) is 8.99. The van der Waals surface area contributed by atoms with Crippen LogP contribution in [0.1, 0.15) is 57.8 Å². The highest BCUT2D eigenvalue weighted by Crippen LogP contribution is 2.37. The SMILES string of the molecule is NCC1(C(=O)N2CCN(C3CCCC3)CC2)CCCCC1. The van der Waals surface area contributed by atoms with Crippen molar-refractivity contribution in [2.45, 2.75) is 63.8 Å². The summed E-state index contributed by atoms with van der Waals surface area (Å²) in [6.45, 7) is 4.50. The summed E-state index contributed by atoms with van der Waals surface area (Å²) in [4.78, 5) is 17.7. The Hall–Kier alpha value is -0.610. The van der Waals surface area contributed by atoms with Crippen LogP contribution in [-0.4, -0.2) is 54.5 Å². The maximum absolute atomic E-state index is 13.0. The molecule has 1 heterocycles. The van der Waals surface area contributed by atoms with Crippen LogP contribution >= 0.6 is 0 Å². The highest BCUT2D eigenvalue weighted by Gasteiger charge is 2.41. The summed E-state index contributed by atoms with van der Waals surface area (Å²) in [5.41, 5.74) is 5.79. The van der Waals surface area contributed by atoms with E-state index in [0.717, 1.165) is 45.1 Å². The molecule has 1 amide bonds. The fourth-order valence-electron chi connectivity index (χ4n) is 4.63. The van der Waals surface area contributed by atoms with Crippen molar-refractivity contribution in [2.24, 2.45) is 11.1 Å². The number of carbonyl (C=O) groups is 1. The van der Waals surface area contributed by atoms with E-state index in [1.807, 2.05) is 0 Å². The first-order valence-corrected chi connectivity index (χ1v) is 8.99. The molecule has 120 valence electrons. The summed E-state index contributed by atoms with van der Waals surface area (Å²) >= 11 is 0. The Balaban J connectivity index is 1.56. The summed E-state index contributed by atoms with van der Waals surface area (Å²) in [6.07, 6.45) is 11.1. The third-order valence-electron chi connectivity index (χ3n) is 6.10. The number of amides is 1. The van der Waals surface area contributed by atoms with E-state index in [9.17, 15) is 4.79 Å². The largest absolute Gasteiger partial charge is 0.340 e. The van der Waals surface area contributed by atoms with E-state index < -0.39 is 0 Å². The smallest absolute Gasteiger partial charge is 0.230 e. The molecule has 2 aliphatic carbocycles. The Labute approximate surface area is 129 Å². The number of hydrogen-bond acceptors (Lipinski definition) is 3. The molecular formula is C17H31N3O. The van der Waals surface area contributed by atoms with Gasteiger partial charge in [0.25, 0.3) is 0 Å². The number of carbonyl (C=O) groups excluding carboxylic acids is 1. The standard InChI is InChI=1S/C17H31N3O/c18-14-17(8-4-1-5-9-17)16(21)20-12-10-19(11-13-20)15-6-2-3-7-15/h15H,1-14,18H2. The average molecular weight is 293 g/mol. The highest BCUT2D eigenvalue weighted by molar-refractivity contribution is 5.83. The molecule has 1 saturated heterocycles. The van der Waals surface area contributed by atoms with Gasteiger partial charge in [0.15, 0.2) is 0 Å². The van der Waals surface area contributed by atoms with Gasteiger partial charge in [0, 0.05) is 38.8 Å². The van der Waals surface area contributed by atoms with Gasteiger partial charge in [-0.15, -0.1) is 0 Å². The second-order valence-corrected chi connectivity index (χ2v) is 7.31. The van der Waals surface area contributed by atoms with Crippen LogP contribution in [0, 0.1) is 5.41 Å². The lowest BCUT2D eigenvalue weighted by atomic mass is 9.73. The Morgan fingerprint density at radius 2 is 1.57 bits per heavy atom. The molecule has 2 N–H and O–H groups in total. The molecule has 0 atom stereocenters. The number of piperazine rings is 1. The fourth-order valence-corrected chi connectivity index (χ4v) is 4.63. The Bertz CT molecular complexity index is 351. The lowest BCUT2D eigenvalue weighted by Gasteiger charge is -2.43. The minimum Gasteiger partial charge on any atom is -0.340 e. The molecule has 3 aliphatic rings. The summed E-state index contributed by atoms with van der Waals surface area (Å²) in [5.74, 6) is 0.357. The molecule has 0 bridgehead atoms. The van der Waals surface area contributed by atoms with Crippen molar-refractivity contribution >= 4 is 5.91 Å². The third-order valence-corrected chi connectivity index (χ3v) is 6.10. The first-order chi connectivity index (χ1) is 10.2. The van der Waals surface area contributed by atoms with Crippen LogP contribution in [0.4, 0.5) is 0 Å². The van der Waals surface area contributed by atoms with Crippen LogP contribution in [0.5, 0.6) is 0 Å². The van der Waals surface area contributed by atoms with Gasteiger partial charge in [0.1, 0.15) is 0 Å². The van der Waals surface area contributed by atoms with E-state index in [1.54, 1.807) is 0 Å². The van der Waals surface area contributed by atoms with Gasteiger partial charge < -0.3 is 10.6 Å². The van der Waals surface area contributed by atoms with Crippen LogP contribution < -0.4 is 5.73 Å². The summed E-state index contributed by atoms with van der Waals surface area (Å²) in [7, 11) is 0. The molecule has 0 spiro atoms. The molecule has 3 fully saturated rings. The zero-order valence-electron chi connectivity index (χ0n) is 13.4. The minimum absolute atomic E-state index is 0.228. The topological polar surface area (TPSA) is 49.6 Å². The fraction of sp³-hybridized carbons (Fsp3) is 0.941. The van der Waals surface area contributed by atoms with Crippen molar-refractivity contribution in [3.8, 4) is 0 Å². The van der Waals surface area contributed by atoms with E-state index in [0.29, 0.717) is 12.5 Å². The molecule has 0 aromatic heterocycles. The predicted molar refractivity (Wildman–Crippen MR) is 85.0 cm³/mol. The minimum atomic E-state index is -0.228. The van der Waals surface area contributed by atoms with Crippen molar-refractivity contribution < 1.29 is 4.79 Å². The molecule has 0 aromatic carbocycles. The van der Waals surface area contributed by atoms with E-state index in [2.05, 4.69) is 9.80 Å². The van der Waals surface area contributed by atoms with Crippen LogP contribution in [-0.2, 0) is 4.79 Å². The maximum atomic E-state index is 13.0. The van der Waals surface area contributed by atoms with Gasteiger partial charge in [-0.3, -0.25) is 9.69 Å². The molecule has 2 saturated carbocycles. The zero-order valence-corrected chi connectivity index (χ0v) is 13.4. The van der Waals surface area contributed by atoms with Crippen LogP contribution in [0.3, 0.4) is 0 Å². The van der Waals surface area contributed by atoms with Gasteiger partial charge >= 0.3 is 0 Å². The monoisotopic (exact) mass is 293 g/mol. The van der Waals surface area contributed by atoms with Crippen LogP contribution in [0.2, 0.25) is 0 Å². The summed E-state index contributed by atoms with van der Waals surface area (Å²) < 4.78 is 0. The molecule has 3 rings (SSSR count). The Kier molecular flexibility index (Phi) is 4.85. The number of rotatable bonds is 3. The molecule has 21 heavy (non-hydrogen) atoms. The molecule has 1 aliphatic heterocycles. The quantitative estimate of drug-likeness (QED) is 0.865. The summed E-state index contributed by atoms with van der Waals surface area (Å²) in [5, 5.41) is 0. The normalized spacial score (nSPS) is 28.0. The maximum Gasteiger partial charge on any atom is 0.230 e. The molecule has 4 nitrogen and oxygen atoms in total.